The van der Waals surface area contributed by atoms with Crippen LogP contribution in [0.5, 0.6) is 0 Å². The van der Waals surface area contributed by atoms with Gasteiger partial charge in [-0.25, -0.2) is 4.39 Å². The van der Waals surface area contributed by atoms with E-state index in [1.165, 1.54) is 12.2 Å². The lowest BCUT2D eigenvalue weighted by Gasteiger charge is -1.92. The smallest absolute Gasteiger partial charge is 0.136 e. The van der Waals surface area contributed by atoms with Gasteiger partial charge in [0.25, 0.3) is 0 Å². The van der Waals surface area contributed by atoms with Crippen molar-refractivity contribution in [1.82, 2.24) is 0 Å². The van der Waals surface area contributed by atoms with Crippen molar-refractivity contribution < 1.29 is 4.39 Å². The molecule has 0 fully saturated rings. The molecular weight excluding hydrogens is 171 g/mol. The number of allylic oxidation sites excluding steroid dienone is 4. The first kappa shape index (κ1) is 14.0. The van der Waals surface area contributed by atoms with E-state index in [0.29, 0.717) is 4.91 Å². The number of thiol groups is 1. The topological polar surface area (TPSA) is 0 Å². The fraction of sp³-hybridized carbons (Fsp3) is 0.400. The van der Waals surface area contributed by atoms with Crippen molar-refractivity contribution in [3.05, 3.63) is 35.5 Å². The van der Waals surface area contributed by atoms with Crippen molar-refractivity contribution in [3.63, 3.8) is 0 Å². The molecule has 0 aromatic heterocycles. The summed E-state index contributed by atoms with van der Waals surface area (Å²) >= 11 is 3.91. The molecule has 0 saturated carbocycles. The quantitative estimate of drug-likeness (QED) is 0.496. The lowest BCUT2D eigenvalue weighted by Crippen LogP contribution is -1.71. The lowest BCUT2D eigenvalue weighted by molar-refractivity contribution is 0.663. The van der Waals surface area contributed by atoms with Gasteiger partial charge >= 0.3 is 0 Å². The molecule has 0 nitrogen and oxygen atoms in total. The normalized spacial score (nSPS) is 11.8. The van der Waals surface area contributed by atoms with Gasteiger partial charge in [-0.2, -0.15) is 0 Å². The second-order valence-electron chi connectivity index (χ2n) is 1.75. The number of rotatable bonds is 3. The summed E-state index contributed by atoms with van der Waals surface area (Å²) in [6.07, 6.45) is 5.18. The Kier molecular flexibility index (Phi) is 12.3. The van der Waals surface area contributed by atoms with Crippen molar-refractivity contribution in [1.29, 1.82) is 0 Å². The van der Waals surface area contributed by atoms with E-state index in [0.717, 1.165) is 6.42 Å². The maximum atomic E-state index is 12.6. The molecule has 0 heterocycles. The third kappa shape index (κ3) is 7.61. The van der Waals surface area contributed by atoms with Crippen molar-refractivity contribution >= 4 is 12.6 Å². The molecule has 0 aromatic rings. The first-order chi connectivity index (χ1) is 5.72. The Bertz CT molecular complexity index is 169. The third-order valence-electron chi connectivity index (χ3n) is 0.906. The molecule has 0 bridgehead atoms. The molecular formula is C10H17FS. The zero-order valence-corrected chi connectivity index (χ0v) is 8.87. The molecule has 0 rings (SSSR count). The van der Waals surface area contributed by atoms with Crippen LogP contribution in [0.1, 0.15) is 27.2 Å². The summed E-state index contributed by atoms with van der Waals surface area (Å²) in [4.78, 5) is 0.377. The maximum Gasteiger partial charge on any atom is 0.136 e. The fourth-order valence-corrected chi connectivity index (χ4v) is 0.737. The van der Waals surface area contributed by atoms with Crippen LogP contribution >= 0.6 is 12.6 Å². The second kappa shape index (κ2) is 10.5. The van der Waals surface area contributed by atoms with Gasteiger partial charge in [-0.05, 0) is 12.5 Å². The molecule has 0 radical (unpaired) electrons. The van der Waals surface area contributed by atoms with E-state index < -0.39 is 0 Å². The molecule has 12 heavy (non-hydrogen) atoms. The van der Waals surface area contributed by atoms with E-state index in [4.69, 9.17) is 0 Å². The van der Waals surface area contributed by atoms with Gasteiger partial charge in [0.15, 0.2) is 0 Å². The number of halogens is 1. The standard InChI is InChI=1S/C8H11FS.C2H6/c1-3-5-7(9)8(10)6-4-2;1-2/h3,5-6,10H,1,4H2,2H3;1-2H3/b7-5+,8-6?;. The summed E-state index contributed by atoms with van der Waals surface area (Å²) < 4.78 is 12.6. The van der Waals surface area contributed by atoms with E-state index in [1.807, 2.05) is 20.8 Å². The van der Waals surface area contributed by atoms with Gasteiger partial charge in [0.1, 0.15) is 5.83 Å². The van der Waals surface area contributed by atoms with Gasteiger partial charge in [0.05, 0.1) is 0 Å². The molecule has 0 aliphatic carbocycles. The van der Waals surface area contributed by atoms with Crippen LogP contribution in [0, 0.1) is 0 Å². The Morgan fingerprint density at radius 2 is 2.00 bits per heavy atom. The molecule has 0 aliphatic heterocycles. The van der Waals surface area contributed by atoms with E-state index in [9.17, 15) is 4.39 Å². The zero-order valence-electron chi connectivity index (χ0n) is 7.97. The van der Waals surface area contributed by atoms with E-state index >= 15 is 0 Å². The molecule has 70 valence electrons. The first-order valence-electron chi connectivity index (χ1n) is 4.10. The minimum atomic E-state index is -0.333. The monoisotopic (exact) mass is 188 g/mol. The summed E-state index contributed by atoms with van der Waals surface area (Å²) in [7, 11) is 0. The molecule has 0 aromatic carbocycles. The van der Waals surface area contributed by atoms with Gasteiger partial charge in [0, 0.05) is 4.91 Å². The highest BCUT2D eigenvalue weighted by molar-refractivity contribution is 7.84. The van der Waals surface area contributed by atoms with Crippen LogP contribution in [0.25, 0.3) is 0 Å². The van der Waals surface area contributed by atoms with Gasteiger partial charge in [-0.15, -0.1) is 12.6 Å². The highest BCUT2D eigenvalue weighted by atomic mass is 32.1. The molecule has 0 atom stereocenters. The average molecular weight is 188 g/mol. The van der Waals surface area contributed by atoms with Gasteiger partial charge < -0.3 is 0 Å². The minimum Gasteiger partial charge on any atom is -0.206 e. The van der Waals surface area contributed by atoms with Gasteiger partial charge in [-0.3, -0.25) is 0 Å². The highest BCUT2D eigenvalue weighted by Gasteiger charge is 1.94. The largest absolute Gasteiger partial charge is 0.206 e. The van der Waals surface area contributed by atoms with Crippen LogP contribution < -0.4 is 0 Å². The maximum absolute atomic E-state index is 12.6. The van der Waals surface area contributed by atoms with Gasteiger partial charge in [0.2, 0.25) is 0 Å². The van der Waals surface area contributed by atoms with E-state index in [-0.39, 0.29) is 5.83 Å². The average Bonchev–Trinajstić information content (AvgIpc) is 2.09. The molecule has 0 amide bonds. The Hall–Kier alpha value is -0.500. The van der Waals surface area contributed by atoms with Crippen LogP contribution in [-0.2, 0) is 0 Å². The Labute approximate surface area is 80.3 Å². The molecule has 0 N–H and O–H groups in total. The van der Waals surface area contributed by atoms with Crippen molar-refractivity contribution in [3.8, 4) is 0 Å². The van der Waals surface area contributed by atoms with E-state index in [2.05, 4.69) is 19.2 Å². The summed E-state index contributed by atoms with van der Waals surface area (Å²) in [5, 5.41) is 0. The minimum absolute atomic E-state index is 0.333. The molecule has 0 spiro atoms. The third-order valence-corrected chi connectivity index (χ3v) is 1.30. The highest BCUT2D eigenvalue weighted by Crippen LogP contribution is 2.15. The van der Waals surface area contributed by atoms with Crippen molar-refractivity contribution in [2.45, 2.75) is 27.2 Å². The molecule has 2 heteroatoms. The molecule has 0 saturated heterocycles. The van der Waals surface area contributed by atoms with Crippen LogP contribution in [0.15, 0.2) is 35.5 Å². The Morgan fingerprint density at radius 1 is 1.50 bits per heavy atom. The Balaban J connectivity index is 0. The van der Waals surface area contributed by atoms with Crippen molar-refractivity contribution in [2.24, 2.45) is 0 Å². The van der Waals surface area contributed by atoms with Crippen molar-refractivity contribution in [2.75, 3.05) is 0 Å². The summed E-state index contributed by atoms with van der Waals surface area (Å²) in [6, 6.07) is 0. The van der Waals surface area contributed by atoms with Crippen LogP contribution in [-0.4, -0.2) is 0 Å². The number of hydrogen-bond acceptors (Lipinski definition) is 1. The number of hydrogen-bond donors (Lipinski definition) is 1. The van der Waals surface area contributed by atoms with Crippen LogP contribution in [0.4, 0.5) is 4.39 Å². The fourth-order valence-electron chi connectivity index (χ4n) is 0.480. The lowest BCUT2D eigenvalue weighted by atomic mass is 10.3. The predicted octanol–water partition coefficient (Wildman–Crippen LogP) is 4.28. The first-order valence-corrected chi connectivity index (χ1v) is 4.54. The SMILES string of the molecule is C=C/C=C(/F)C(S)=CCC.CC. The molecule has 0 aliphatic rings. The van der Waals surface area contributed by atoms with Crippen LogP contribution in [0.2, 0.25) is 0 Å². The van der Waals surface area contributed by atoms with Crippen LogP contribution in [0.3, 0.4) is 0 Å². The second-order valence-corrected chi connectivity index (χ2v) is 2.23. The summed E-state index contributed by atoms with van der Waals surface area (Å²) in [5.41, 5.74) is 0. The van der Waals surface area contributed by atoms with E-state index in [1.54, 1.807) is 6.08 Å². The Morgan fingerprint density at radius 3 is 2.33 bits per heavy atom. The zero-order chi connectivity index (χ0) is 9.98. The predicted molar refractivity (Wildman–Crippen MR) is 58.1 cm³/mol. The van der Waals surface area contributed by atoms with Gasteiger partial charge in [-0.1, -0.05) is 39.5 Å². The summed E-state index contributed by atoms with van der Waals surface area (Å²) in [6.45, 7) is 9.29. The summed E-state index contributed by atoms with van der Waals surface area (Å²) in [5.74, 6) is -0.333. The molecule has 0 unspecified atom stereocenters.